The third kappa shape index (κ3) is 4.86. The monoisotopic (exact) mass is 474 g/mol. The van der Waals surface area contributed by atoms with E-state index >= 15 is 0 Å². The van der Waals surface area contributed by atoms with Gasteiger partial charge in [-0.2, -0.15) is 5.10 Å². The Labute approximate surface area is 182 Å². The lowest BCUT2D eigenvalue weighted by molar-refractivity contribution is 0.0927. The van der Waals surface area contributed by atoms with Gasteiger partial charge in [-0.15, -0.1) is 0 Å². The van der Waals surface area contributed by atoms with Gasteiger partial charge >= 0.3 is 0 Å². The number of amides is 2. The first kappa shape index (κ1) is 21.1. The summed E-state index contributed by atoms with van der Waals surface area (Å²) in [5, 5.41) is 10.5. The second-order valence-electron chi connectivity index (χ2n) is 6.43. The van der Waals surface area contributed by atoms with Gasteiger partial charge in [-0.3, -0.25) is 9.59 Å². The molecule has 29 heavy (non-hydrogen) atoms. The Morgan fingerprint density at radius 2 is 1.62 bits per heavy atom. The van der Waals surface area contributed by atoms with Crippen LogP contribution in [0.5, 0.6) is 0 Å². The molecule has 0 atom stereocenters. The van der Waals surface area contributed by atoms with E-state index in [1.807, 2.05) is 31.2 Å². The second-order valence-corrected chi connectivity index (χ2v) is 7.75. The highest BCUT2D eigenvalue weighted by atomic mass is 79.9. The first-order valence-electron chi connectivity index (χ1n) is 9.01. The second kappa shape index (κ2) is 9.24. The van der Waals surface area contributed by atoms with E-state index in [1.54, 1.807) is 35.9 Å². The van der Waals surface area contributed by atoms with Gasteiger partial charge in [0, 0.05) is 17.6 Å². The molecule has 0 saturated carbocycles. The molecular formula is C21H20BrClN4O2. The fourth-order valence-electron chi connectivity index (χ4n) is 2.99. The Hall–Kier alpha value is -2.64. The molecule has 3 rings (SSSR count). The Morgan fingerprint density at radius 3 is 2.28 bits per heavy atom. The van der Waals surface area contributed by atoms with Crippen molar-refractivity contribution < 1.29 is 9.59 Å². The van der Waals surface area contributed by atoms with Crippen molar-refractivity contribution in [3.63, 3.8) is 0 Å². The molecule has 2 amide bonds. The molecule has 8 heteroatoms. The molecule has 0 aliphatic carbocycles. The molecule has 0 radical (unpaired) electrons. The van der Waals surface area contributed by atoms with Crippen molar-refractivity contribution in [1.29, 1.82) is 0 Å². The molecule has 1 aromatic heterocycles. The van der Waals surface area contributed by atoms with Crippen LogP contribution in [0, 0.1) is 13.8 Å². The Bertz CT molecular complexity index is 1050. The number of rotatable bonds is 6. The van der Waals surface area contributed by atoms with Gasteiger partial charge in [0.15, 0.2) is 0 Å². The Morgan fingerprint density at radius 1 is 1.00 bits per heavy atom. The van der Waals surface area contributed by atoms with Crippen LogP contribution in [0.25, 0.3) is 5.69 Å². The molecule has 3 aromatic rings. The molecule has 6 nitrogen and oxygen atoms in total. The zero-order valence-electron chi connectivity index (χ0n) is 16.0. The number of nitrogens with one attached hydrogen (secondary N) is 2. The van der Waals surface area contributed by atoms with Gasteiger partial charge in [0.2, 0.25) is 0 Å². The maximum Gasteiger partial charge on any atom is 0.255 e. The molecule has 0 unspecified atom stereocenters. The first-order valence-corrected chi connectivity index (χ1v) is 10.2. The van der Waals surface area contributed by atoms with Gasteiger partial charge in [0.1, 0.15) is 0 Å². The molecule has 0 aliphatic rings. The van der Waals surface area contributed by atoms with Crippen LogP contribution in [0.1, 0.15) is 32.1 Å². The van der Waals surface area contributed by atoms with Crippen molar-refractivity contribution >= 4 is 39.3 Å². The summed E-state index contributed by atoms with van der Waals surface area (Å²) in [5.74, 6) is -0.504. The van der Waals surface area contributed by atoms with Crippen LogP contribution >= 0.6 is 27.5 Å². The quantitative estimate of drug-likeness (QED) is 0.528. The van der Waals surface area contributed by atoms with Crippen LogP contribution < -0.4 is 10.6 Å². The maximum atomic E-state index is 12.6. The summed E-state index contributed by atoms with van der Waals surface area (Å²) in [7, 11) is 0. The molecule has 0 spiro atoms. The molecule has 0 saturated heterocycles. The number of hydrogen-bond acceptors (Lipinski definition) is 3. The minimum atomic E-state index is -0.278. The van der Waals surface area contributed by atoms with Crippen molar-refractivity contribution in [3.05, 3.63) is 80.5 Å². The van der Waals surface area contributed by atoms with Gasteiger partial charge in [-0.25, -0.2) is 4.68 Å². The molecule has 0 aliphatic heterocycles. The third-order valence-corrected chi connectivity index (χ3v) is 5.26. The molecule has 0 bridgehead atoms. The average Bonchev–Trinajstić information content (AvgIpc) is 3.00. The smallest absolute Gasteiger partial charge is 0.255 e. The normalized spacial score (nSPS) is 10.6. The van der Waals surface area contributed by atoms with Crippen LogP contribution in [0.2, 0.25) is 5.02 Å². The van der Waals surface area contributed by atoms with Crippen LogP contribution in [0.4, 0.5) is 0 Å². The number of carbonyl (C=O) groups is 2. The number of halogens is 2. The van der Waals surface area contributed by atoms with Crippen LogP contribution in [0.15, 0.2) is 53.0 Å². The van der Waals surface area contributed by atoms with E-state index in [0.717, 1.165) is 15.9 Å². The van der Waals surface area contributed by atoms with Gasteiger partial charge < -0.3 is 10.6 Å². The summed E-state index contributed by atoms with van der Waals surface area (Å²) < 4.78 is 2.72. The lowest BCUT2D eigenvalue weighted by atomic mass is 10.2. The summed E-state index contributed by atoms with van der Waals surface area (Å²) in [6.07, 6.45) is 0. The molecule has 1 heterocycles. The van der Waals surface area contributed by atoms with Crippen molar-refractivity contribution in [2.45, 2.75) is 13.8 Å². The van der Waals surface area contributed by atoms with Gasteiger partial charge in [-0.1, -0.05) is 39.7 Å². The SMILES string of the molecule is Cc1nn(-c2ccc(Br)cc2)c(C)c1C(=O)NCCNC(=O)c1ccccc1Cl. The minimum Gasteiger partial charge on any atom is -0.350 e. The minimum absolute atomic E-state index is 0.227. The summed E-state index contributed by atoms with van der Waals surface area (Å²) in [6, 6.07) is 14.5. The lowest BCUT2D eigenvalue weighted by Gasteiger charge is -2.09. The number of carbonyl (C=O) groups excluding carboxylic acids is 2. The van der Waals surface area contributed by atoms with E-state index in [2.05, 4.69) is 31.7 Å². The third-order valence-electron chi connectivity index (χ3n) is 4.40. The van der Waals surface area contributed by atoms with E-state index < -0.39 is 0 Å². The van der Waals surface area contributed by atoms with Crippen molar-refractivity contribution in [1.82, 2.24) is 20.4 Å². The van der Waals surface area contributed by atoms with Crippen molar-refractivity contribution in [3.8, 4) is 5.69 Å². The summed E-state index contributed by atoms with van der Waals surface area (Å²) >= 11 is 9.43. The predicted molar refractivity (Wildman–Crippen MR) is 117 cm³/mol. The standard InChI is InChI=1S/C21H20BrClN4O2/c1-13-19(14(2)27(26-13)16-9-7-15(22)8-10-16)21(29)25-12-11-24-20(28)17-5-3-4-6-18(17)23/h3-10H,11-12H2,1-2H3,(H,24,28)(H,25,29). The number of benzene rings is 2. The zero-order chi connectivity index (χ0) is 21.0. The van der Waals surface area contributed by atoms with E-state index in [4.69, 9.17) is 11.6 Å². The predicted octanol–water partition coefficient (Wildman–Crippen LogP) is 4.06. The molecular weight excluding hydrogens is 456 g/mol. The molecule has 2 aromatic carbocycles. The van der Waals surface area contributed by atoms with E-state index in [9.17, 15) is 9.59 Å². The highest BCUT2D eigenvalue weighted by molar-refractivity contribution is 9.10. The highest BCUT2D eigenvalue weighted by Crippen LogP contribution is 2.20. The molecule has 2 N–H and O–H groups in total. The Balaban J connectivity index is 1.61. The van der Waals surface area contributed by atoms with E-state index in [0.29, 0.717) is 21.8 Å². The molecule has 150 valence electrons. The van der Waals surface area contributed by atoms with Gasteiger partial charge in [0.25, 0.3) is 11.8 Å². The van der Waals surface area contributed by atoms with Crippen LogP contribution in [-0.2, 0) is 0 Å². The fraction of sp³-hybridized carbons (Fsp3) is 0.190. The average molecular weight is 476 g/mol. The van der Waals surface area contributed by atoms with Crippen molar-refractivity contribution in [2.75, 3.05) is 13.1 Å². The van der Waals surface area contributed by atoms with Crippen LogP contribution in [-0.4, -0.2) is 34.7 Å². The summed E-state index contributed by atoms with van der Waals surface area (Å²) in [5.41, 5.74) is 3.21. The fourth-order valence-corrected chi connectivity index (χ4v) is 3.47. The number of nitrogens with zero attached hydrogens (tertiary/aromatic N) is 2. The van der Waals surface area contributed by atoms with Gasteiger partial charge in [-0.05, 0) is 50.2 Å². The topological polar surface area (TPSA) is 76.0 Å². The van der Waals surface area contributed by atoms with Crippen LogP contribution in [0.3, 0.4) is 0 Å². The lowest BCUT2D eigenvalue weighted by Crippen LogP contribution is -2.35. The summed E-state index contributed by atoms with van der Waals surface area (Å²) in [6.45, 7) is 4.23. The first-order chi connectivity index (χ1) is 13.9. The van der Waals surface area contributed by atoms with E-state index in [1.165, 1.54) is 0 Å². The van der Waals surface area contributed by atoms with E-state index in [-0.39, 0.29) is 24.9 Å². The number of aromatic nitrogens is 2. The molecule has 0 fully saturated rings. The highest BCUT2D eigenvalue weighted by Gasteiger charge is 2.19. The largest absolute Gasteiger partial charge is 0.350 e. The van der Waals surface area contributed by atoms with Gasteiger partial charge in [0.05, 0.1) is 33.2 Å². The number of hydrogen-bond donors (Lipinski definition) is 2. The maximum absolute atomic E-state index is 12.6. The number of aryl methyl sites for hydroxylation is 1. The summed E-state index contributed by atoms with van der Waals surface area (Å²) in [4.78, 5) is 24.8. The zero-order valence-corrected chi connectivity index (χ0v) is 18.3. The van der Waals surface area contributed by atoms with Crippen molar-refractivity contribution in [2.24, 2.45) is 0 Å². The Kier molecular flexibility index (Phi) is 6.71.